The molecule has 0 radical (unpaired) electrons. The summed E-state index contributed by atoms with van der Waals surface area (Å²) in [5.41, 5.74) is 2.51. The Hall–Kier alpha value is -2.96. The van der Waals surface area contributed by atoms with Gasteiger partial charge in [0.15, 0.2) is 0 Å². The molecule has 2 amide bonds. The van der Waals surface area contributed by atoms with E-state index in [9.17, 15) is 14.0 Å². The average Bonchev–Trinajstić information content (AvgIpc) is 3.32. The zero-order valence-corrected chi connectivity index (χ0v) is 15.1. The number of amides is 2. The number of rotatable bonds is 4. The number of aromatic nitrogens is 2. The molecule has 1 saturated heterocycles. The number of likely N-dealkylation sites (tertiary alicyclic amines) is 1. The lowest BCUT2D eigenvalue weighted by atomic mass is 9.77. The van der Waals surface area contributed by atoms with Crippen LogP contribution < -0.4 is 5.32 Å². The minimum absolute atomic E-state index is 0.124. The van der Waals surface area contributed by atoms with E-state index < -0.39 is 0 Å². The van der Waals surface area contributed by atoms with Crippen molar-refractivity contribution < 1.29 is 14.0 Å². The van der Waals surface area contributed by atoms with Gasteiger partial charge >= 0.3 is 0 Å². The normalized spacial score (nSPS) is 21.8. The van der Waals surface area contributed by atoms with E-state index in [4.69, 9.17) is 0 Å². The quantitative estimate of drug-likeness (QED) is 0.871. The number of nitrogens with zero attached hydrogens (tertiary/aromatic N) is 2. The lowest BCUT2D eigenvalue weighted by Crippen LogP contribution is -2.46. The van der Waals surface area contributed by atoms with Crippen LogP contribution in [0.5, 0.6) is 0 Å². The van der Waals surface area contributed by atoms with Crippen molar-refractivity contribution in [2.75, 3.05) is 13.6 Å². The molecule has 1 aliphatic carbocycles. The van der Waals surface area contributed by atoms with Gasteiger partial charge in [0.25, 0.3) is 5.91 Å². The summed E-state index contributed by atoms with van der Waals surface area (Å²) >= 11 is 0. The van der Waals surface area contributed by atoms with Crippen LogP contribution in [0.3, 0.4) is 0 Å². The van der Waals surface area contributed by atoms with Crippen LogP contribution in [0.4, 0.5) is 4.39 Å². The summed E-state index contributed by atoms with van der Waals surface area (Å²) in [5, 5.41) is 9.82. The van der Waals surface area contributed by atoms with Crippen molar-refractivity contribution in [3.63, 3.8) is 0 Å². The number of halogens is 1. The smallest absolute Gasteiger partial charge is 0.255 e. The van der Waals surface area contributed by atoms with Gasteiger partial charge in [0.1, 0.15) is 5.82 Å². The van der Waals surface area contributed by atoms with Crippen LogP contribution in [-0.2, 0) is 4.79 Å². The number of hydrogen-bond acceptors (Lipinski definition) is 3. The van der Waals surface area contributed by atoms with Crippen LogP contribution in [0, 0.1) is 11.2 Å². The first-order valence-corrected chi connectivity index (χ1v) is 9.05. The van der Waals surface area contributed by atoms with Crippen molar-refractivity contribution in [1.29, 1.82) is 0 Å². The third-order valence-corrected chi connectivity index (χ3v) is 5.66. The number of carbonyl (C=O) groups is 2. The van der Waals surface area contributed by atoms with E-state index in [0.717, 1.165) is 25.0 Å². The van der Waals surface area contributed by atoms with Crippen LogP contribution in [0.2, 0.25) is 0 Å². The fourth-order valence-corrected chi connectivity index (χ4v) is 4.13. The topological polar surface area (TPSA) is 78.1 Å². The molecule has 1 fully saturated rings. The molecule has 1 atom stereocenters. The number of allylic oxidation sites excluding steroid dienone is 1. The Morgan fingerprint density at radius 1 is 1.33 bits per heavy atom. The van der Waals surface area contributed by atoms with Gasteiger partial charge in [-0.05, 0) is 43.5 Å². The highest BCUT2D eigenvalue weighted by Gasteiger charge is 2.44. The summed E-state index contributed by atoms with van der Waals surface area (Å²) in [6.45, 7) is 0.476. The summed E-state index contributed by atoms with van der Waals surface area (Å²) in [4.78, 5) is 26.5. The van der Waals surface area contributed by atoms with E-state index in [2.05, 4.69) is 21.6 Å². The first-order chi connectivity index (χ1) is 13.0. The standard InChI is InChI=1S/C20H21FN4O2/c1-25-16-3-2-9-20(16,10-8-17(25)26)12-22-19(27)15-11-23-24-18(15)13-4-6-14(21)7-5-13/h3-7,11H,2,8-10,12H2,1H3,(H,22,27)(H,23,24). The van der Waals surface area contributed by atoms with Crippen molar-refractivity contribution in [3.8, 4) is 11.3 Å². The summed E-state index contributed by atoms with van der Waals surface area (Å²) < 4.78 is 13.2. The molecule has 0 spiro atoms. The molecule has 2 N–H and O–H groups in total. The molecular weight excluding hydrogens is 347 g/mol. The van der Waals surface area contributed by atoms with Gasteiger partial charge in [-0.1, -0.05) is 6.08 Å². The molecule has 4 rings (SSSR count). The summed E-state index contributed by atoms with van der Waals surface area (Å²) in [5.74, 6) is -0.443. The number of benzene rings is 1. The zero-order chi connectivity index (χ0) is 19.0. The predicted molar refractivity (Wildman–Crippen MR) is 98.1 cm³/mol. The van der Waals surface area contributed by atoms with E-state index in [-0.39, 0.29) is 23.0 Å². The lowest BCUT2D eigenvalue weighted by molar-refractivity contribution is -0.131. The van der Waals surface area contributed by atoms with E-state index in [0.29, 0.717) is 29.8 Å². The Labute approximate surface area is 156 Å². The maximum Gasteiger partial charge on any atom is 0.255 e. The largest absolute Gasteiger partial charge is 0.351 e. The fraction of sp³-hybridized carbons (Fsp3) is 0.350. The molecular formula is C20H21FN4O2. The molecule has 7 heteroatoms. The van der Waals surface area contributed by atoms with Gasteiger partial charge in [-0.25, -0.2) is 4.39 Å². The molecule has 1 aromatic carbocycles. The molecule has 0 saturated carbocycles. The minimum Gasteiger partial charge on any atom is -0.351 e. The number of H-pyrrole nitrogens is 1. The number of carbonyl (C=O) groups excluding carboxylic acids is 2. The van der Waals surface area contributed by atoms with Crippen LogP contribution in [0.1, 0.15) is 36.0 Å². The Bertz CT molecular complexity index is 918. The number of hydrogen-bond donors (Lipinski definition) is 2. The summed E-state index contributed by atoms with van der Waals surface area (Å²) in [7, 11) is 1.80. The van der Waals surface area contributed by atoms with Crippen molar-refractivity contribution in [2.45, 2.75) is 25.7 Å². The second-order valence-electron chi connectivity index (χ2n) is 7.21. The number of fused-ring (bicyclic) bond motifs is 1. The Morgan fingerprint density at radius 3 is 2.89 bits per heavy atom. The highest BCUT2D eigenvalue weighted by Crippen LogP contribution is 2.46. The second kappa shape index (κ2) is 6.64. The van der Waals surface area contributed by atoms with Gasteiger partial charge in [-0.3, -0.25) is 14.7 Å². The van der Waals surface area contributed by atoms with Crippen LogP contribution >= 0.6 is 0 Å². The van der Waals surface area contributed by atoms with Gasteiger partial charge in [0, 0.05) is 36.7 Å². The third-order valence-electron chi connectivity index (χ3n) is 5.66. The molecule has 1 aromatic heterocycles. The van der Waals surface area contributed by atoms with Crippen molar-refractivity contribution in [2.24, 2.45) is 5.41 Å². The summed E-state index contributed by atoms with van der Waals surface area (Å²) in [6, 6.07) is 5.91. The predicted octanol–water partition coefficient (Wildman–Crippen LogP) is 2.86. The van der Waals surface area contributed by atoms with Crippen molar-refractivity contribution >= 4 is 11.8 Å². The van der Waals surface area contributed by atoms with Gasteiger partial charge in [-0.2, -0.15) is 5.10 Å². The monoisotopic (exact) mass is 368 g/mol. The average molecular weight is 368 g/mol. The van der Waals surface area contributed by atoms with E-state index >= 15 is 0 Å². The molecule has 2 aromatic rings. The Morgan fingerprint density at radius 2 is 2.11 bits per heavy atom. The highest BCUT2D eigenvalue weighted by atomic mass is 19.1. The summed E-state index contributed by atoms with van der Waals surface area (Å²) in [6.07, 6.45) is 6.67. The first kappa shape index (κ1) is 17.5. The molecule has 27 heavy (non-hydrogen) atoms. The SMILES string of the molecule is CN1C(=O)CCC2(CNC(=O)c3cn[nH]c3-c3ccc(F)cc3)CCC=C12. The second-order valence-corrected chi connectivity index (χ2v) is 7.21. The van der Waals surface area contributed by atoms with Crippen LogP contribution in [0.25, 0.3) is 11.3 Å². The molecule has 2 aliphatic rings. The van der Waals surface area contributed by atoms with Gasteiger partial charge in [0.2, 0.25) is 5.91 Å². The van der Waals surface area contributed by atoms with Crippen molar-refractivity contribution in [1.82, 2.24) is 20.4 Å². The molecule has 1 unspecified atom stereocenters. The van der Waals surface area contributed by atoms with E-state index in [1.807, 2.05) is 0 Å². The van der Waals surface area contributed by atoms with Gasteiger partial charge in [-0.15, -0.1) is 0 Å². The zero-order valence-electron chi connectivity index (χ0n) is 15.1. The lowest BCUT2D eigenvalue weighted by Gasteiger charge is -2.41. The number of nitrogens with one attached hydrogen (secondary N) is 2. The van der Waals surface area contributed by atoms with E-state index in [1.165, 1.54) is 18.3 Å². The van der Waals surface area contributed by atoms with Crippen LogP contribution in [0.15, 0.2) is 42.2 Å². The van der Waals surface area contributed by atoms with Crippen LogP contribution in [-0.4, -0.2) is 40.5 Å². The number of aromatic amines is 1. The maximum absolute atomic E-state index is 13.2. The molecule has 140 valence electrons. The molecule has 6 nitrogen and oxygen atoms in total. The minimum atomic E-state index is -0.333. The fourth-order valence-electron chi connectivity index (χ4n) is 4.13. The molecule has 1 aliphatic heterocycles. The Balaban J connectivity index is 1.51. The third kappa shape index (κ3) is 3.03. The van der Waals surface area contributed by atoms with Gasteiger partial charge in [0.05, 0.1) is 17.5 Å². The molecule has 0 bridgehead atoms. The van der Waals surface area contributed by atoms with Gasteiger partial charge < -0.3 is 10.2 Å². The van der Waals surface area contributed by atoms with Crippen molar-refractivity contribution in [3.05, 3.63) is 53.6 Å². The first-order valence-electron chi connectivity index (χ1n) is 9.05. The molecule has 2 heterocycles. The maximum atomic E-state index is 13.2. The highest BCUT2D eigenvalue weighted by molar-refractivity contribution is 5.99. The Kier molecular flexibility index (Phi) is 4.30. The van der Waals surface area contributed by atoms with E-state index in [1.54, 1.807) is 24.1 Å². The number of piperidine rings is 1.